The van der Waals surface area contributed by atoms with E-state index in [4.69, 9.17) is 15.2 Å². The highest BCUT2D eigenvalue weighted by Crippen LogP contribution is 2.30. The number of hydrogen-bond acceptors (Lipinski definition) is 8. The first-order valence-corrected chi connectivity index (χ1v) is 10.8. The Labute approximate surface area is 184 Å². The van der Waals surface area contributed by atoms with E-state index in [1.165, 1.54) is 29.8 Å². The molecule has 0 fully saturated rings. The van der Waals surface area contributed by atoms with Crippen LogP contribution in [0.5, 0.6) is 11.5 Å². The van der Waals surface area contributed by atoms with Crippen LogP contribution < -0.4 is 20.5 Å². The van der Waals surface area contributed by atoms with E-state index in [1.54, 1.807) is 41.4 Å². The summed E-state index contributed by atoms with van der Waals surface area (Å²) in [5.41, 5.74) is 9.81. The van der Waals surface area contributed by atoms with Crippen molar-refractivity contribution in [2.24, 2.45) is 5.73 Å². The number of hydrogen-bond donors (Lipinski definition) is 3. The molecule has 0 unspecified atom stereocenters. The molecule has 0 spiro atoms. The minimum Gasteiger partial charge on any atom is -0.493 e. The molecule has 0 saturated heterocycles. The van der Waals surface area contributed by atoms with E-state index in [-0.39, 0.29) is 11.6 Å². The van der Waals surface area contributed by atoms with Crippen LogP contribution in [0.25, 0.3) is 11.3 Å². The summed E-state index contributed by atoms with van der Waals surface area (Å²) in [6.45, 7) is 0.309. The van der Waals surface area contributed by atoms with Crippen molar-refractivity contribution >= 4 is 39.6 Å². The number of nitrogens with two attached hydrogens (primary N) is 1. The molecule has 0 aliphatic heterocycles. The fourth-order valence-corrected chi connectivity index (χ4v) is 3.96. The average molecular weight is 456 g/mol. The summed E-state index contributed by atoms with van der Waals surface area (Å²) in [4.78, 5) is 35.2. The van der Waals surface area contributed by atoms with Gasteiger partial charge in [-0.2, -0.15) is 0 Å². The van der Waals surface area contributed by atoms with Crippen LogP contribution in [0.15, 0.2) is 46.7 Å². The van der Waals surface area contributed by atoms with Crippen molar-refractivity contribution in [2.75, 3.05) is 12.4 Å². The molecule has 2 amide bonds. The number of H-pyrrole nitrogens is 1. The van der Waals surface area contributed by atoms with Crippen LogP contribution in [0, 0.1) is 0 Å². The summed E-state index contributed by atoms with van der Waals surface area (Å²) in [6.07, 6.45) is 1.63. The molecule has 0 bridgehead atoms. The van der Waals surface area contributed by atoms with Crippen LogP contribution in [0.1, 0.15) is 26.5 Å². The molecule has 0 radical (unpaired) electrons. The second-order valence-corrected chi connectivity index (χ2v) is 7.87. The van der Waals surface area contributed by atoms with Gasteiger partial charge in [0.1, 0.15) is 12.3 Å². The Morgan fingerprint density at radius 1 is 1.23 bits per heavy atom. The molecular formula is C20H17N5O4S2. The van der Waals surface area contributed by atoms with Crippen molar-refractivity contribution < 1.29 is 19.1 Å². The molecule has 3 heterocycles. The first-order chi connectivity index (χ1) is 15.0. The highest BCUT2D eigenvalue weighted by molar-refractivity contribution is 7.14. The maximum Gasteiger partial charge on any atom is 0.265 e. The first-order valence-electron chi connectivity index (χ1n) is 8.97. The SMILES string of the molecule is COc1cc(C(=O)Nc2nc(-c3c[nH]c(C(N)=O)c3)cs2)ccc1OCc1cscn1. The Bertz CT molecular complexity index is 1220. The van der Waals surface area contributed by atoms with Crippen LogP contribution in [0.4, 0.5) is 5.13 Å². The van der Waals surface area contributed by atoms with Crippen molar-refractivity contribution in [3.8, 4) is 22.8 Å². The molecule has 0 atom stereocenters. The monoisotopic (exact) mass is 455 g/mol. The average Bonchev–Trinajstić information content (AvgIpc) is 3.53. The second kappa shape index (κ2) is 8.98. The van der Waals surface area contributed by atoms with Gasteiger partial charge < -0.3 is 20.2 Å². The molecule has 9 nitrogen and oxygen atoms in total. The van der Waals surface area contributed by atoms with Gasteiger partial charge in [-0.05, 0) is 24.3 Å². The molecule has 0 aliphatic carbocycles. The van der Waals surface area contributed by atoms with E-state index in [9.17, 15) is 9.59 Å². The Kier molecular flexibility index (Phi) is 5.96. The predicted octanol–water partition coefficient (Wildman–Crippen LogP) is 3.53. The summed E-state index contributed by atoms with van der Waals surface area (Å²) < 4.78 is 11.1. The van der Waals surface area contributed by atoms with Crippen molar-refractivity contribution in [3.63, 3.8) is 0 Å². The predicted molar refractivity (Wildman–Crippen MR) is 118 cm³/mol. The number of ether oxygens (including phenoxy) is 2. The number of carbonyl (C=O) groups is 2. The number of primary amides is 1. The third kappa shape index (κ3) is 4.73. The molecule has 11 heteroatoms. The van der Waals surface area contributed by atoms with Gasteiger partial charge in [0.2, 0.25) is 0 Å². The lowest BCUT2D eigenvalue weighted by Crippen LogP contribution is -2.12. The molecule has 4 rings (SSSR count). The molecular weight excluding hydrogens is 438 g/mol. The zero-order valence-electron chi connectivity index (χ0n) is 16.2. The third-order valence-electron chi connectivity index (χ3n) is 4.25. The number of methoxy groups -OCH3 is 1. The first kappa shape index (κ1) is 20.6. The van der Waals surface area contributed by atoms with Gasteiger partial charge in [0, 0.05) is 28.1 Å². The standard InChI is InChI=1S/C20H17N5O4S2/c1-28-17-5-11(2-3-16(17)29-7-13-8-30-10-23-13)19(27)25-20-24-15(9-31-20)12-4-14(18(21)26)22-6-12/h2-6,8-10,22H,7H2,1H3,(H2,21,26)(H,24,25,27). The molecule has 0 saturated carbocycles. The second-order valence-electron chi connectivity index (χ2n) is 6.29. The minimum absolute atomic E-state index is 0.290. The third-order valence-corrected chi connectivity index (χ3v) is 5.65. The van der Waals surface area contributed by atoms with Crippen LogP contribution >= 0.6 is 22.7 Å². The molecule has 31 heavy (non-hydrogen) atoms. The van der Waals surface area contributed by atoms with Crippen molar-refractivity contribution in [2.45, 2.75) is 6.61 Å². The van der Waals surface area contributed by atoms with Gasteiger partial charge in [-0.3, -0.25) is 14.9 Å². The molecule has 3 aromatic heterocycles. The highest BCUT2D eigenvalue weighted by atomic mass is 32.1. The largest absolute Gasteiger partial charge is 0.493 e. The van der Waals surface area contributed by atoms with E-state index in [0.717, 1.165) is 5.69 Å². The maximum atomic E-state index is 12.7. The smallest absolute Gasteiger partial charge is 0.265 e. The van der Waals surface area contributed by atoms with Gasteiger partial charge in [-0.15, -0.1) is 22.7 Å². The number of carbonyl (C=O) groups excluding carboxylic acids is 2. The van der Waals surface area contributed by atoms with Crippen LogP contribution in [-0.4, -0.2) is 33.9 Å². The van der Waals surface area contributed by atoms with E-state index in [0.29, 0.717) is 40.1 Å². The number of thiazole rings is 2. The van der Waals surface area contributed by atoms with E-state index < -0.39 is 5.91 Å². The van der Waals surface area contributed by atoms with Crippen molar-refractivity contribution in [3.05, 3.63) is 63.7 Å². The van der Waals surface area contributed by atoms with E-state index in [2.05, 4.69) is 20.3 Å². The minimum atomic E-state index is -0.553. The van der Waals surface area contributed by atoms with Gasteiger partial charge in [0.15, 0.2) is 16.6 Å². The highest BCUT2D eigenvalue weighted by Gasteiger charge is 2.15. The summed E-state index contributed by atoms with van der Waals surface area (Å²) >= 11 is 2.76. The van der Waals surface area contributed by atoms with Crippen LogP contribution in [0.3, 0.4) is 0 Å². The van der Waals surface area contributed by atoms with Crippen LogP contribution in [0.2, 0.25) is 0 Å². The Morgan fingerprint density at radius 2 is 2.10 bits per heavy atom. The zero-order valence-corrected chi connectivity index (χ0v) is 17.9. The van der Waals surface area contributed by atoms with Gasteiger partial charge in [0.25, 0.3) is 11.8 Å². The number of benzene rings is 1. The lowest BCUT2D eigenvalue weighted by atomic mass is 10.2. The van der Waals surface area contributed by atoms with E-state index in [1.807, 2.05) is 5.38 Å². The number of aromatic nitrogens is 3. The van der Waals surface area contributed by atoms with Crippen molar-refractivity contribution in [1.29, 1.82) is 0 Å². The lowest BCUT2D eigenvalue weighted by molar-refractivity contribution is 0.0994. The topological polar surface area (TPSA) is 132 Å². The van der Waals surface area contributed by atoms with E-state index >= 15 is 0 Å². The number of aromatic amines is 1. The molecule has 4 aromatic rings. The summed E-state index contributed by atoms with van der Waals surface area (Å²) in [6, 6.07) is 6.54. The Morgan fingerprint density at radius 3 is 2.81 bits per heavy atom. The van der Waals surface area contributed by atoms with Gasteiger partial charge in [-0.1, -0.05) is 0 Å². The quantitative estimate of drug-likeness (QED) is 0.372. The van der Waals surface area contributed by atoms with Crippen molar-refractivity contribution in [1.82, 2.24) is 15.0 Å². The Balaban J connectivity index is 1.44. The number of nitrogens with zero attached hydrogens (tertiary/aromatic N) is 2. The number of nitrogens with one attached hydrogen (secondary N) is 2. The van der Waals surface area contributed by atoms with Gasteiger partial charge in [0.05, 0.1) is 24.0 Å². The lowest BCUT2D eigenvalue weighted by Gasteiger charge is -2.11. The fourth-order valence-electron chi connectivity index (χ4n) is 2.71. The normalized spacial score (nSPS) is 10.6. The van der Waals surface area contributed by atoms with Gasteiger partial charge in [-0.25, -0.2) is 9.97 Å². The van der Waals surface area contributed by atoms with Gasteiger partial charge >= 0.3 is 0 Å². The number of amides is 2. The maximum absolute atomic E-state index is 12.7. The molecule has 158 valence electrons. The Hall–Kier alpha value is -3.70. The summed E-state index contributed by atoms with van der Waals surface area (Å²) in [5, 5.41) is 6.86. The summed E-state index contributed by atoms with van der Waals surface area (Å²) in [5.74, 6) is 0.0652. The molecule has 4 N–H and O–H groups in total. The number of anilines is 1. The van der Waals surface area contributed by atoms with Crippen LogP contribution in [-0.2, 0) is 6.61 Å². The number of rotatable bonds is 8. The fraction of sp³-hybridized carbons (Fsp3) is 0.100. The molecule has 0 aliphatic rings. The molecule has 1 aromatic carbocycles. The zero-order chi connectivity index (χ0) is 21.8. The summed E-state index contributed by atoms with van der Waals surface area (Å²) in [7, 11) is 1.51.